The molecule has 1 amide bonds. The van der Waals surface area contributed by atoms with E-state index in [9.17, 15) is 4.79 Å². The molecule has 0 aromatic heterocycles. The van der Waals surface area contributed by atoms with Gasteiger partial charge in [0.25, 0.3) is 0 Å². The SMILES string of the molecule is CC1C2CC(CC2c2cccc(OC(=O)Nc3ccccc3)c2)C1(C)C. The molecule has 136 valence electrons. The number of hydrogen-bond acceptors (Lipinski definition) is 2. The first-order chi connectivity index (χ1) is 12.4. The van der Waals surface area contributed by atoms with Gasteiger partial charge in [-0.05, 0) is 71.8 Å². The zero-order valence-electron chi connectivity index (χ0n) is 15.7. The summed E-state index contributed by atoms with van der Waals surface area (Å²) in [7, 11) is 0. The Morgan fingerprint density at radius 2 is 1.85 bits per heavy atom. The third-order valence-electron chi connectivity index (χ3n) is 7.00. The normalized spacial score (nSPS) is 28.7. The van der Waals surface area contributed by atoms with Crippen molar-refractivity contribution < 1.29 is 9.53 Å². The van der Waals surface area contributed by atoms with Crippen LogP contribution in [0.15, 0.2) is 54.6 Å². The summed E-state index contributed by atoms with van der Waals surface area (Å²) in [6.07, 6.45) is 2.14. The first-order valence-electron chi connectivity index (χ1n) is 9.59. The fourth-order valence-corrected chi connectivity index (χ4v) is 5.12. The molecule has 2 aromatic rings. The van der Waals surface area contributed by atoms with Gasteiger partial charge in [-0.1, -0.05) is 51.1 Å². The first-order valence-corrected chi connectivity index (χ1v) is 9.59. The molecule has 1 N–H and O–H groups in total. The van der Waals surface area contributed by atoms with Crippen LogP contribution >= 0.6 is 0 Å². The van der Waals surface area contributed by atoms with Crippen LogP contribution in [0.4, 0.5) is 10.5 Å². The van der Waals surface area contributed by atoms with Crippen molar-refractivity contribution in [3.8, 4) is 5.75 Å². The molecule has 2 aromatic carbocycles. The van der Waals surface area contributed by atoms with Crippen LogP contribution in [0.1, 0.15) is 45.1 Å². The monoisotopic (exact) mass is 349 g/mol. The van der Waals surface area contributed by atoms with Crippen LogP contribution < -0.4 is 10.1 Å². The highest BCUT2D eigenvalue weighted by Crippen LogP contribution is 2.64. The van der Waals surface area contributed by atoms with E-state index in [1.807, 2.05) is 42.5 Å². The van der Waals surface area contributed by atoms with E-state index in [0.29, 0.717) is 17.1 Å². The number of carbonyl (C=O) groups excluding carboxylic acids is 1. The Labute approximate surface area is 155 Å². The number of benzene rings is 2. The lowest BCUT2D eigenvalue weighted by molar-refractivity contribution is 0.122. The molecule has 26 heavy (non-hydrogen) atoms. The van der Waals surface area contributed by atoms with E-state index in [1.165, 1.54) is 18.4 Å². The van der Waals surface area contributed by atoms with Crippen molar-refractivity contribution in [3.63, 3.8) is 0 Å². The maximum Gasteiger partial charge on any atom is 0.417 e. The topological polar surface area (TPSA) is 38.3 Å². The molecule has 0 heterocycles. The molecule has 2 aliphatic carbocycles. The van der Waals surface area contributed by atoms with Crippen molar-refractivity contribution in [2.45, 2.75) is 39.5 Å². The van der Waals surface area contributed by atoms with Crippen LogP contribution in [-0.2, 0) is 0 Å². The summed E-state index contributed by atoms with van der Waals surface area (Å²) >= 11 is 0. The average molecular weight is 349 g/mol. The van der Waals surface area contributed by atoms with Crippen LogP contribution in [-0.4, -0.2) is 6.09 Å². The smallest absolute Gasteiger partial charge is 0.410 e. The molecule has 0 spiro atoms. The largest absolute Gasteiger partial charge is 0.417 e. The van der Waals surface area contributed by atoms with Gasteiger partial charge in [-0.25, -0.2) is 4.79 Å². The lowest BCUT2D eigenvalue weighted by atomic mass is 9.65. The number of nitrogens with one attached hydrogen (secondary N) is 1. The van der Waals surface area contributed by atoms with Gasteiger partial charge in [0.15, 0.2) is 0 Å². The van der Waals surface area contributed by atoms with Gasteiger partial charge >= 0.3 is 6.09 Å². The minimum atomic E-state index is -0.448. The second kappa shape index (κ2) is 6.46. The molecule has 2 fully saturated rings. The number of hydrogen-bond donors (Lipinski definition) is 1. The molecule has 0 radical (unpaired) electrons. The van der Waals surface area contributed by atoms with Gasteiger partial charge in [-0.2, -0.15) is 0 Å². The Bertz CT molecular complexity index is 795. The highest BCUT2D eigenvalue weighted by molar-refractivity contribution is 5.86. The molecule has 3 nitrogen and oxygen atoms in total. The number of anilines is 1. The predicted molar refractivity (Wildman–Crippen MR) is 104 cm³/mol. The van der Waals surface area contributed by atoms with Gasteiger partial charge < -0.3 is 4.74 Å². The van der Waals surface area contributed by atoms with Crippen molar-refractivity contribution in [1.82, 2.24) is 0 Å². The second-order valence-electron chi connectivity index (χ2n) is 8.50. The Balaban J connectivity index is 1.46. The zero-order chi connectivity index (χ0) is 18.3. The fraction of sp³-hybridized carbons (Fsp3) is 0.435. The Hall–Kier alpha value is -2.29. The fourth-order valence-electron chi connectivity index (χ4n) is 5.12. The van der Waals surface area contributed by atoms with Gasteiger partial charge in [0, 0.05) is 5.69 Å². The van der Waals surface area contributed by atoms with Crippen molar-refractivity contribution >= 4 is 11.8 Å². The molecule has 4 rings (SSSR count). The van der Waals surface area contributed by atoms with Crippen molar-refractivity contribution in [3.05, 3.63) is 60.2 Å². The van der Waals surface area contributed by atoms with E-state index in [0.717, 1.165) is 23.4 Å². The molecular weight excluding hydrogens is 322 g/mol. The lowest BCUT2D eigenvalue weighted by Crippen LogP contribution is -2.32. The number of ether oxygens (including phenoxy) is 1. The maximum atomic E-state index is 12.1. The number of rotatable bonds is 3. The standard InChI is InChI=1S/C23H27NO2/c1-15-20-13-17(23(15,2)3)14-21(20)16-8-7-11-19(12-16)26-22(25)24-18-9-5-4-6-10-18/h4-12,15,17,20-21H,13-14H2,1-3H3,(H,24,25). The minimum Gasteiger partial charge on any atom is -0.410 e. The van der Waals surface area contributed by atoms with Gasteiger partial charge in [0.2, 0.25) is 0 Å². The van der Waals surface area contributed by atoms with Gasteiger partial charge in [0.05, 0.1) is 0 Å². The van der Waals surface area contributed by atoms with Crippen LogP contribution in [0.5, 0.6) is 5.75 Å². The van der Waals surface area contributed by atoms with Crippen LogP contribution in [0.25, 0.3) is 0 Å². The quantitative estimate of drug-likeness (QED) is 0.729. The summed E-state index contributed by atoms with van der Waals surface area (Å²) in [5, 5.41) is 2.76. The van der Waals surface area contributed by atoms with Gasteiger partial charge in [0.1, 0.15) is 5.75 Å². The zero-order valence-corrected chi connectivity index (χ0v) is 15.7. The van der Waals surface area contributed by atoms with E-state index in [1.54, 1.807) is 0 Å². The van der Waals surface area contributed by atoms with E-state index < -0.39 is 6.09 Å². The summed E-state index contributed by atoms with van der Waals surface area (Å²) in [5.74, 6) is 3.48. The molecule has 2 bridgehead atoms. The highest BCUT2D eigenvalue weighted by Gasteiger charge is 2.55. The number of carbonyl (C=O) groups is 1. The predicted octanol–water partition coefficient (Wildman–Crippen LogP) is 6.08. The molecule has 3 heteroatoms. The summed E-state index contributed by atoms with van der Waals surface area (Å²) in [5.41, 5.74) is 2.49. The summed E-state index contributed by atoms with van der Waals surface area (Å²) in [4.78, 5) is 12.1. The van der Waals surface area contributed by atoms with E-state index in [-0.39, 0.29) is 0 Å². The van der Waals surface area contributed by atoms with E-state index >= 15 is 0 Å². The maximum absolute atomic E-state index is 12.1. The number of amides is 1. The lowest BCUT2D eigenvalue weighted by Gasteiger charge is -2.40. The molecule has 4 atom stereocenters. The number of fused-ring (bicyclic) bond motifs is 2. The van der Waals surface area contributed by atoms with Crippen molar-refractivity contribution in [1.29, 1.82) is 0 Å². The number of para-hydroxylation sites is 1. The Kier molecular flexibility index (Phi) is 4.26. The summed E-state index contributed by atoms with van der Waals surface area (Å²) < 4.78 is 5.52. The second-order valence-corrected chi connectivity index (χ2v) is 8.50. The van der Waals surface area contributed by atoms with Crippen molar-refractivity contribution in [2.75, 3.05) is 5.32 Å². The van der Waals surface area contributed by atoms with Crippen LogP contribution in [0, 0.1) is 23.2 Å². The molecule has 2 saturated carbocycles. The highest BCUT2D eigenvalue weighted by atomic mass is 16.6. The van der Waals surface area contributed by atoms with E-state index in [2.05, 4.69) is 38.2 Å². The molecule has 4 unspecified atom stereocenters. The van der Waals surface area contributed by atoms with Crippen molar-refractivity contribution in [2.24, 2.45) is 23.2 Å². The van der Waals surface area contributed by atoms with Crippen LogP contribution in [0.2, 0.25) is 0 Å². The minimum absolute atomic E-state index is 0.448. The third-order valence-corrected chi connectivity index (χ3v) is 7.00. The Morgan fingerprint density at radius 3 is 2.54 bits per heavy atom. The van der Waals surface area contributed by atoms with Gasteiger partial charge in [-0.15, -0.1) is 0 Å². The molecule has 2 aliphatic rings. The summed E-state index contributed by atoms with van der Waals surface area (Å²) in [6, 6.07) is 17.5. The van der Waals surface area contributed by atoms with E-state index in [4.69, 9.17) is 4.74 Å². The molecular formula is C23H27NO2. The summed E-state index contributed by atoms with van der Waals surface area (Å²) in [6.45, 7) is 7.25. The average Bonchev–Trinajstić information content (AvgIpc) is 3.15. The molecule has 0 saturated heterocycles. The Morgan fingerprint density at radius 1 is 1.08 bits per heavy atom. The first kappa shape index (κ1) is 17.1. The van der Waals surface area contributed by atoms with Gasteiger partial charge in [-0.3, -0.25) is 5.32 Å². The van der Waals surface area contributed by atoms with Crippen LogP contribution in [0.3, 0.4) is 0 Å². The molecule has 0 aliphatic heterocycles. The third kappa shape index (κ3) is 3.00.